The molecule has 1 N–H and O–H groups in total. The van der Waals surface area contributed by atoms with E-state index in [0.717, 1.165) is 23.5 Å². The van der Waals surface area contributed by atoms with Gasteiger partial charge >= 0.3 is 5.97 Å². The fraction of sp³-hybridized carbons (Fsp3) is 0.429. The first-order valence-corrected chi connectivity index (χ1v) is 11.9. The van der Waals surface area contributed by atoms with Gasteiger partial charge in [0.1, 0.15) is 12.4 Å². The number of carbonyl (C=O) groups excluding carboxylic acids is 2. The number of amides is 1. The van der Waals surface area contributed by atoms with E-state index in [-0.39, 0.29) is 17.9 Å². The molecule has 0 unspecified atom stereocenters. The van der Waals surface area contributed by atoms with Gasteiger partial charge in [-0.15, -0.1) is 0 Å². The van der Waals surface area contributed by atoms with E-state index < -0.39 is 5.97 Å². The molecule has 172 valence electrons. The van der Waals surface area contributed by atoms with Gasteiger partial charge < -0.3 is 14.8 Å². The minimum Gasteiger partial charge on any atom is -0.496 e. The fourth-order valence-corrected chi connectivity index (χ4v) is 6.82. The van der Waals surface area contributed by atoms with Crippen LogP contribution in [0.5, 0.6) is 5.75 Å². The van der Waals surface area contributed by atoms with Crippen molar-refractivity contribution < 1.29 is 19.1 Å². The monoisotopic (exact) mass is 445 g/mol. The van der Waals surface area contributed by atoms with Crippen molar-refractivity contribution in [1.82, 2.24) is 0 Å². The molecule has 6 rings (SSSR count). The third-order valence-electron chi connectivity index (χ3n) is 7.78. The molecule has 0 atom stereocenters. The molecule has 0 saturated heterocycles. The molecule has 4 saturated carbocycles. The van der Waals surface area contributed by atoms with Crippen molar-refractivity contribution in [1.29, 1.82) is 0 Å². The third-order valence-corrected chi connectivity index (χ3v) is 7.78. The van der Waals surface area contributed by atoms with Crippen LogP contribution in [0.4, 0.5) is 5.69 Å². The molecule has 1 amide bonds. The minimum absolute atomic E-state index is 0.143. The number of hydrogen-bond donors (Lipinski definition) is 1. The standard InChI is InChI=1S/C28H31NO4/c1-3-10-33-27(31)21-4-7-23(8-5-21)29-26(30)22-6-9-25(32-2)24(14-22)28-15-18-11-19(16-28)13-20(12-18)17-28/h3-9,14,18-20H,1,10-13,15-17H2,2H3,(H,29,30). The number of benzene rings is 2. The van der Waals surface area contributed by atoms with E-state index in [0.29, 0.717) is 16.8 Å². The normalized spacial score (nSPS) is 27.1. The molecule has 0 aromatic heterocycles. The Labute approximate surface area is 195 Å². The molecule has 2 aromatic rings. The average molecular weight is 446 g/mol. The molecule has 4 fully saturated rings. The summed E-state index contributed by atoms with van der Waals surface area (Å²) in [5.41, 5.74) is 3.05. The topological polar surface area (TPSA) is 64.6 Å². The van der Waals surface area contributed by atoms with Crippen LogP contribution in [0.2, 0.25) is 0 Å². The molecule has 0 aliphatic heterocycles. The van der Waals surface area contributed by atoms with Crippen molar-refractivity contribution in [3.05, 3.63) is 71.8 Å². The molecular weight excluding hydrogens is 414 g/mol. The van der Waals surface area contributed by atoms with Gasteiger partial charge in [0, 0.05) is 16.8 Å². The molecule has 2 aromatic carbocycles. The molecule has 4 bridgehead atoms. The Balaban J connectivity index is 1.35. The van der Waals surface area contributed by atoms with Crippen LogP contribution in [0.15, 0.2) is 55.1 Å². The summed E-state index contributed by atoms with van der Waals surface area (Å²) in [6.45, 7) is 3.71. The van der Waals surface area contributed by atoms with E-state index >= 15 is 0 Å². The lowest BCUT2D eigenvalue weighted by atomic mass is 9.48. The van der Waals surface area contributed by atoms with E-state index in [1.165, 1.54) is 50.2 Å². The lowest BCUT2D eigenvalue weighted by molar-refractivity contribution is -0.00617. The van der Waals surface area contributed by atoms with Gasteiger partial charge in [0.2, 0.25) is 0 Å². The quantitative estimate of drug-likeness (QED) is 0.435. The third kappa shape index (κ3) is 4.17. The average Bonchev–Trinajstić information content (AvgIpc) is 2.81. The lowest BCUT2D eigenvalue weighted by Crippen LogP contribution is -2.48. The Morgan fingerprint density at radius 3 is 2.18 bits per heavy atom. The largest absolute Gasteiger partial charge is 0.496 e. The first-order chi connectivity index (χ1) is 16.0. The smallest absolute Gasteiger partial charge is 0.338 e. The Hall–Kier alpha value is -3.08. The van der Waals surface area contributed by atoms with Gasteiger partial charge in [-0.2, -0.15) is 0 Å². The van der Waals surface area contributed by atoms with Crippen molar-refractivity contribution in [3.8, 4) is 5.75 Å². The van der Waals surface area contributed by atoms with Crippen LogP contribution in [-0.2, 0) is 10.2 Å². The summed E-state index contributed by atoms with van der Waals surface area (Å²) in [6.07, 6.45) is 9.28. The first kappa shape index (κ1) is 21.7. The highest BCUT2D eigenvalue weighted by Gasteiger charge is 2.52. The second-order valence-corrected chi connectivity index (χ2v) is 10.0. The van der Waals surface area contributed by atoms with Crippen molar-refractivity contribution in [2.75, 3.05) is 19.0 Å². The summed E-state index contributed by atoms with van der Waals surface area (Å²) in [4.78, 5) is 25.0. The van der Waals surface area contributed by atoms with Gasteiger partial charge in [-0.3, -0.25) is 4.79 Å². The Kier molecular flexibility index (Phi) is 5.73. The molecule has 0 spiro atoms. The van der Waals surface area contributed by atoms with Crippen molar-refractivity contribution >= 4 is 17.6 Å². The highest BCUT2D eigenvalue weighted by atomic mass is 16.5. The Bertz CT molecular complexity index is 1040. The van der Waals surface area contributed by atoms with Crippen LogP contribution < -0.4 is 10.1 Å². The van der Waals surface area contributed by atoms with Gasteiger partial charge in [0.05, 0.1) is 12.7 Å². The van der Waals surface area contributed by atoms with Crippen molar-refractivity contribution in [2.45, 2.75) is 43.9 Å². The van der Waals surface area contributed by atoms with Gasteiger partial charge in [-0.1, -0.05) is 12.7 Å². The summed E-state index contributed by atoms with van der Waals surface area (Å²) in [7, 11) is 1.72. The summed E-state index contributed by atoms with van der Waals surface area (Å²) >= 11 is 0. The number of anilines is 1. The minimum atomic E-state index is -0.414. The summed E-state index contributed by atoms with van der Waals surface area (Å²) in [5.74, 6) is 2.77. The van der Waals surface area contributed by atoms with Gasteiger partial charge in [0.25, 0.3) is 5.91 Å². The van der Waals surface area contributed by atoms with E-state index in [1.807, 2.05) is 12.1 Å². The maximum absolute atomic E-state index is 13.1. The Morgan fingerprint density at radius 2 is 1.61 bits per heavy atom. The second kappa shape index (κ2) is 8.69. The highest BCUT2D eigenvalue weighted by molar-refractivity contribution is 6.04. The molecule has 0 radical (unpaired) electrons. The van der Waals surface area contributed by atoms with Crippen LogP contribution >= 0.6 is 0 Å². The number of ether oxygens (including phenoxy) is 2. The number of nitrogens with one attached hydrogen (secondary N) is 1. The van der Waals surface area contributed by atoms with E-state index in [9.17, 15) is 9.59 Å². The zero-order valence-corrected chi connectivity index (χ0v) is 19.1. The molecule has 4 aliphatic rings. The molecule has 33 heavy (non-hydrogen) atoms. The van der Waals surface area contributed by atoms with Gasteiger partial charge in [0.15, 0.2) is 0 Å². The number of rotatable bonds is 7. The summed E-state index contributed by atoms with van der Waals surface area (Å²) < 4.78 is 10.8. The predicted octanol–water partition coefficient (Wildman–Crippen LogP) is 5.76. The molecule has 0 heterocycles. The fourth-order valence-electron chi connectivity index (χ4n) is 6.82. The van der Waals surface area contributed by atoms with Crippen LogP contribution in [0.1, 0.15) is 64.8 Å². The van der Waals surface area contributed by atoms with E-state index in [1.54, 1.807) is 31.4 Å². The van der Waals surface area contributed by atoms with Crippen LogP contribution in [0, 0.1) is 17.8 Å². The number of carbonyl (C=O) groups is 2. The van der Waals surface area contributed by atoms with E-state index in [4.69, 9.17) is 9.47 Å². The zero-order valence-electron chi connectivity index (χ0n) is 19.1. The molecule has 5 nitrogen and oxygen atoms in total. The predicted molar refractivity (Wildman–Crippen MR) is 128 cm³/mol. The summed E-state index contributed by atoms with van der Waals surface area (Å²) in [5, 5.41) is 2.96. The first-order valence-electron chi connectivity index (χ1n) is 11.9. The molecule has 5 heteroatoms. The number of esters is 1. The zero-order chi connectivity index (χ0) is 23.0. The highest BCUT2D eigenvalue weighted by Crippen LogP contribution is 2.61. The van der Waals surface area contributed by atoms with Gasteiger partial charge in [-0.05, 0) is 104 Å². The SMILES string of the molecule is C=CCOC(=O)c1ccc(NC(=O)c2ccc(OC)c(C34CC5CC(CC(C5)C3)C4)c2)cc1. The maximum atomic E-state index is 13.1. The van der Waals surface area contributed by atoms with Crippen LogP contribution in [0.25, 0.3) is 0 Å². The lowest BCUT2D eigenvalue weighted by Gasteiger charge is -2.57. The van der Waals surface area contributed by atoms with Crippen molar-refractivity contribution in [2.24, 2.45) is 17.8 Å². The van der Waals surface area contributed by atoms with Crippen LogP contribution in [0.3, 0.4) is 0 Å². The van der Waals surface area contributed by atoms with E-state index in [2.05, 4.69) is 18.0 Å². The number of hydrogen-bond acceptors (Lipinski definition) is 4. The molecular formula is C28H31NO4. The second-order valence-electron chi connectivity index (χ2n) is 10.0. The van der Waals surface area contributed by atoms with Gasteiger partial charge in [-0.25, -0.2) is 4.79 Å². The summed E-state index contributed by atoms with van der Waals surface area (Å²) in [6, 6.07) is 12.6. The Morgan fingerprint density at radius 1 is 1.00 bits per heavy atom. The number of methoxy groups -OCH3 is 1. The molecule has 4 aliphatic carbocycles. The van der Waals surface area contributed by atoms with Crippen molar-refractivity contribution in [3.63, 3.8) is 0 Å². The maximum Gasteiger partial charge on any atom is 0.338 e. The van der Waals surface area contributed by atoms with Crippen LogP contribution in [-0.4, -0.2) is 25.6 Å².